The van der Waals surface area contributed by atoms with E-state index in [1.807, 2.05) is 31.2 Å². The number of halogens is 1. The molecule has 0 bridgehead atoms. The topological polar surface area (TPSA) is 58.2 Å². The molecule has 0 radical (unpaired) electrons. The molecular weight excluding hydrogens is 316 g/mol. The molecule has 0 amide bonds. The van der Waals surface area contributed by atoms with Gasteiger partial charge in [0.25, 0.3) is 10.2 Å². The van der Waals surface area contributed by atoms with Gasteiger partial charge >= 0.3 is 0 Å². The molecule has 0 fully saturated rings. The Morgan fingerprint density at radius 3 is 2.11 bits per heavy atom. The lowest BCUT2D eigenvalue weighted by atomic mass is 10.1. The number of nitrogens with one attached hydrogen (secondary N) is 2. The van der Waals surface area contributed by atoms with Crippen LogP contribution in [0, 0.1) is 0 Å². The molecule has 1 atom stereocenters. The zero-order chi connectivity index (χ0) is 14.0. The second kappa shape index (κ2) is 5.69. The van der Waals surface area contributed by atoms with E-state index in [2.05, 4.69) is 25.4 Å². The largest absolute Gasteiger partial charge is 0.277 e. The van der Waals surface area contributed by atoms with E-state index in [-0.39, 0.29) is 6.04 Å². The van der Waals surface area contributed by atoms with Gasteiger partial charge in [-0.3, -0.25) is 0 Å². The van der Waals surface area contributed by atoms with Crippen LogP contribution in [0.3, 0.4) is 0 Å². The Kier molecular flexibility index (Phi) is 4.94. The van der Waals surface area contributed by atoms with E-state index in [4.69, 9.17) is 0 Å². The van der Waals surface area contributed by atoms with Gasteiger partial charge in [-0.2, -0.15) is 17.9 Å². The summed E-state index contributed by atoms with van der Waals surface area (Å²) in [6, 6.07) is 7.26. The molecule has 0 saturated heterocycles. The van der Waals surface area contributed by atoms with Gasteiger partial charge in [0.2, 0.25) is 0 Å². The van der Waals surface area contributed by atoms with Crippen molar-refractivity contribution >= 4 is 26.1 Å². The highest BCUT2D eigenvalue weighted by molar-refractivity contribution is 9.10. The molecule has 1 rings (SSSR count). The van der Waals surface area contributed by atoms with Crippen molar-refractivity contribution in [3.63, 3.8) is 0 Å². The van der Waals surface area contributed by atoms with Gasteiger partial charge in [0.05, 0.1) is 0 Å². The van der Waals surface area contributed by atoms with Gasteiger partial charge in [0, 0.05) is 16.1 Å². The zero-order valence-corrected chi connectivity index (χ0v) is 13.4. The summed E-state index contributed by atoms with van der Waals surface area (Å²) < 4.78 is 29.9. The molecule has 1 unspecified atom stereocenters. The van der Waals surface area contributed by atoms with E-state index in [1.165, 1.54) is 0 Å². The minimum atomic E-state index is -3.51. The van der Waals surface area contributed by atoms with Crippen molar-refractivity contribution in [2.24, 2.45) is 0 Å². The summed E-state index contributed by atoms with van der Waals surface area (Å²) in [6.45, 7) is 7.22. The van der Waals surface area contributed by atoms with E-state index in [0.717, 1.165) is 10.0 Å². The van der Waals surface area contributed by atoms with E-state index >= 15 is 0 Å². The third-order valence-corrected chi connectivity index (χ3v) is 4.22. The fourth-order valence-electron chi connectivity index (χ4n) is 1.48. The van der Waals surface area contributed by atoms with Crippen LogP contribution in [0.25, 0.3) is 0 Å². The minimum absolute atomic E-state index is 0.280. The van der Waals surface area contributed by atoms with Crippen molar-refractivity contribution in [3.05, 3.63) is 34.3 Å². The van der Waals surface area contributed by atoms with E-state index in [0.29, 0.717) is 0 Å². The maximum absolute atomic E-state index is 11.9. The third-order valence-electron chi connectivity index (χ3n) is 2.14. The smallest absolute Gasteiger partial charge is 0.197 e. The van der Waals surface area contributed by atoms with Crippen molar-refractivity contribution in [1.82, 2.24) is 9.44 Å². The Bertz CT molecular complexity index is 492. The highest BCUT2D eigenvalue weighted by Crippen LogP contribution is 2.17. The Morgan fingerprint density at radius 2 is 1.67 bits per heavy atom. The van der Waals surface area contributed by atoms with Crippen LogP contribution < -0.4 is 9.44 Å². The number of hydrogen-bond acceptors (Lipinski definition) is 2. The Hall–Kier alpha value is -0.430. The fraction of sp³-hybridized carbons (Fsp3) is 0.500. The SMILES string of the molecule is CC(NS(=O)(=O)NC(C)(C)C)c1ccc(Br)cc1. The quantitative estimate of drug-likeness (QED) is 0.889. The highest BCUT2D eigenvalue weighted by Gasteiger charge is 2.21. The van der Waals surface area contributed by atoms with Gasteiger partial charge in [0.1, 0.15) is 0 Å². The molecule has 0 spiro atoms. The molecular formula is C12H19BrN2O2S. The standard InChI is InChI=1S/C12H19BrN2O2S/c1-9(10-5-7-11(13)8-6-10)14-18(16,17)15-12(2,3)4/h5-9,14-15H,1-4H3. The van der Waals surface area contributed by atoms with Crippen molar-refractivity contribution in [2.45, 2.75) is 39.3 Å². The van der Waals surface area contributed by atoms with Crippen LogP contribution in [0.4, 0.5) is 0 Å². The van der Waals surface area contributed by atoms with Crippen molar-refractivity contribution in [3.8, 4) is 0 Å². The monoisotopic (exact) mass is 334 g/mol. The summed E-state index contributed by atoms with van der Waals surface area (Å²) in [4.78, 5) is 0. The zero-order valence-electron chi connectivity index (χ0n) is 11.0. The van der Waals surface area contributed by atoms with E-state index in [9.17, 15) is 8.42 Å². The first-order valence-corrected chi connectivity index (χ1v) is 7.93. The first-order chi connectivity index (χ1) is 8.09. The summed E-state index contributed by atoms with van der Waals surface area (Å²) in [6.07, 6.45) is 0. The second-order valence-corrected chi connectivity index (χ2v) is 7.61. The lowest BCUT2D eigenvalue weighted by molar-refractivity contribution is 0.478. The minimum Gasteiger partial charge on any atom is -0.197 e. The Morgan fingerprint density at radius 1 is 1.17 bits per heavy atom. The molecule has 1 aromatic carbocycles. The maximum Gasteiger partial charge on any atom is 0.277 e. The molecule has 2 N–H and O–H groups in total. The molecule has 0 aliphatic carbocycles. The molecule has 4 nitrogen and oxygen atoms in total. The number of hydrogen-bond donors (Lipinski definition) is 2. The van der Waals surface area contributed by atoms with Crippen LogP contribution in [-0.4, -0.2) is 14.0 Å². The van der Waals surface area contributed by atoms with Gasteiger partial charge in [-0.15, -0.1) is 0 Å². The van der Waals surface area contributed by atoms with Crippen LogP contribution >= 0.6 is 15.9 Å². The van der Waals surface area contributed by atoms with Crippen molar-refractivity contribution < 1.29 is 8.42 Å². The van der Waals surface area contributed by atoms with Crippen LogP contribution in [-0.2, 0) is 10.2 Å². The second-order valence-electron chi connectivity index (χ2n) is 5.25. The maximum atomic E-state index is 11.9. The molecule has 0 aromatic heterocycles. The van der Waals surface area contributed by atoms with Gasteiger partial charge in [-0.25, -0.2) is 0 Å². The molecule has 6 heteroatoms. The normalized spacial score (nSPS) is 14.5. The molecule has 0 aliphatic heterocycles. The summed E-state index contributed by atoms with van der Waals surface area (Å²) in [5.74, 6) is 0. The molecule has 1 aromatic rings. The number of benzene rings is 1. The lowest BCUT2D eigenvalue weighted by Crippen LogP contribution is -2.47. The molecule has 0 heterocycles. The molecule has 0 saturated carbocycles. The fourth-order valence-corrected chi connectivity index (χ4v) is 3.22. The van der Waals surface area contributed by atoms with Gasteiger partial charge in [-0.1, -0.05) is 28.1 Å². The van der Waals surface area contributed by atoms with Gasteiger partial charge < -0.3 is 0 Å². The summed E-state index contributed by atoms with van der Waals surface area (Å²) in [5, 5.41) is 0. The van der Waals surface area contributed by atoms with Crippen LogP contribution in [0.2, 0.25) is 0 Å². The summed E-state index contributed by atoms with van der Waals surface area (Å²) in [5.41, 5.74) is 0.420. The highest BCUT2D eigenvalue weighted by atomic mass is 79.9. The predicted octanol–water partition coefficient (Wildman–Crippen LogP) is 2.73. The molecule has 0 aliphatic rings. The lowest BCUT2D eigenvalue weighted by Gasteiger charge is -2.22. The van der Waals surface area contributed by atoms with E-state index in [1.54, 1.807) is 20.8 Å². The summed E-state index contributed by atoms with van der Waals surface area (Å²) >= 11 is 3.34. The van der Waals surface area contributed by atoms with Gasteiger partial charge in [-0.05, 0) is 45.4 Å². The van der Waals surface area contributed by atoms with Crippen molar-refractivity contribution in [1.29, 1.82) is 0 Å². The first kappa shape index (κ1) is 15.6. The summed E-state index contributed by atoms with van der Waals surface area (Å²) in [7, 11) is -3.51. The van der Waals surface area contributed by atoms with E-state index < -0.39 is 15.7 Å². The number of rotatable bonds is 4. The first-order valence-electron chi connectivity index (χ1n) is 5.66. The molecule has 102 valence electrons. The van der Waals surface area contributed by atoms with Gasteiger partial charge in [0.15, 0.2) is 0 Å². The van der Waals surface area contributed by atoms with Crippen LogP contribution in [0.1, 0.15) is 39.3 Å². The molecule has 18 heavy (non-hydrogen) atoms. The predicted molar refractivity (Wildman–Crippen MR) is 77.5 cm³/mol. The van der Waals surface area contributed by atoms with Crippen LogP contribution in [0.5, 0.6) is 0 Å². The Balaban J connectivity index is 2.76. The third kappa shape index (κ3) is 5.48. The Labute approximate surface area is 117 Å². The average Bonchev–Trinajstić information content (AvgIpc) is 2.13. The van der Waals surface area contributed by atoms with Crippen molar-refractivity contribution in [2.75, 3.05) is 0 Å². The van der Waals surface area contributed by atoms with Crippen LogP contribution in [0.15, 0.2) is 28.7 Å². The average molecular weight is 335 g/mol.